The van der Waals surface area contributed by atoms with E-state index in [1.54, 1.807) is 36.0 Å². The van der Waals surface area contributed by atoms with Crippen LogP contribution in [0.3, 0.4) is 0 Å². The van der Waals surface area contributed by atoms with Crippen molar-refractivity contribution in [3.8, 4) is 0 Å². The summed E-state index contributed by atoms with van der Waals surface area (Å²) in [6.45, 7) is 2.15. The molecule has 0 saturated carbocycles. The molecule has 1 fully saturated rings. The molecule has 0 aliphatic carbocycles. The zero-order valence-corrected chi connectivity index (χ0v) is 19.5. The highest BCUT2D eigenvalue weighted by molar-refractivity contribution is 8.00. The molecule has 0 aromatic carbocycles. The summed E-state index contributed by atoms with van der Waals surface area (Å²) in [4.78, 5) is 48.0. The van der Waals surface area contributed by atoms with Crippen LogP contribution in [0.25, 0.3) is 0 Å². The molecule has 178 valence electrons. The fourth-order valence-corrected chi connectivity index (χ4v) is 5.29. The minimum Gasteiger partial charge on any atom is -0.477 e. The maximum absolute atomic E-state index is 12.9. The molecule has 2 aromatic rings. The highest BCUT2D eigenvalue weighted by atomic mass is 32.2. The Balaban J connectivity index is 1.53. The Hall–Kier alpha value is -3.72. The first-order valence-electron chi connectivity index (χ1n) is 10.0. The molecule has 2 aliphatic heterocycles. The third kappa shape index (κ3) is 4.51. The normalized spacial score (nSPS) is 20.0. The van der Waals surface area contributed by atoms with Crippen molar-refractivity contribution in [1.29, 1.82) is 0 Å². The Labute approximate surface area is 201 Å². The summed E-state index contributed by atoms with van der Waals surface area (Å²) >= 11 is 2.24. The number of thioether (sulfide) groups is 1. The fraction of sp³-hybridized carbons (Fsp3) is 0.316. The molecule has 2 aromatic heterocycles. The van der Waals surface area contributed by atoms with Crippen LogP contribution in [0.15, 0.2) is 41.0 Å². The van der Waals surface area contributed by atoms with Crippen LogP contribution in [0.4, 0.5) is 10.8 Å². The van der Waals surface area contributed by atoms with E-state index in [1.165, 1.54) is 16.7 Å². The number of hydrogen-bond donors (Lipinski definition) is 4. The number of nitrogen functional groups attached to an aromatic ring is 2. The Bertz CT molecular complexity index is 1210. The molecule has 4 heterocycles. The van der Waals surface area contributed by atoms with Crippen LogP contribution in [-0.2, 0) is 25.8 Å². The van der Waals surface area contributed by atoms with Gasteiger partial charge in [-0.05, 0) is 13.0 Å². The number of oxime groups is 1. The van der Waals surface area contributed by atoms with Crippen LogP contribution in [0.1, 0.15) is 12.7 Å². The number of carboxylic acid groups (broad SMARTS) is 1. The van der Waals surface area contributed by atoms with Crippen LogP contribution < -0.4 is 21.4 Å². The van der Waals surface area contributed by atoms with E-state index in [4.69, 9.17) is 16.3 Å². The lowest BCUT2D eigenvalue weighted by Crippen LogP contribution is -2.71. The highest BCUT2D eigenvalue weighted by Gasteiger charge is 2.54. The standard InChI is InChI=1S/C19H20N8O5S2/c1-2-32-24-11(14-23-19(21)34-25-14)15(28)22-12-16(29)27-13(18(30)31)9(8-33-17(12)27)6-26-5-3-4-10(20)7-26/h3-5,7,12,17H,2,6,8,20H2,1H3,(H3-,21,22,23,25,28,30,31)/p+1/t12?,17-/m0/s1. The van der Waals surface area contributed by atoms with Gasteiger partial charge in [0.2, 0.25) is 11.5 Å². The second kappa shape index (κ2) is 9.64. The first-order chi connectivity index (χ1) is 16.3. The number of hydrogen-bond acceptors (Lipinski definition) is 11. The van der Waals surface area contributed by atoms with E-state index in [1.807, 2.05) is 0 Å². The van der Waals surface area contributed by atoms with Crippen molar-refractivity contribution in [3.05, 3.63) is 41.6 Å². The first kappa shape index (κ1) is 23.4. The molecule has 34 heavy (non-hydrogen) atoms. The Kier molecular flexibility index (Phi) is 6.65. The SMILES string of the molecule is CCON=C(C(=O)NC1C(=O)N2C(C(=O)O)=C(C[n+]3cccc(N)c3)CS[C@@H]12)c1nsc(N)n1. The lowest BCUT2D eigenvalue weighted by Gasteiger charge is -2.49. The van der Waals surface area contributed by atoms with Gasteiger partial charge in [0, 0.05) is 28.9 Å². The number of amides is 2. The summed E-state index contributed by atoms with van der Waals surface area (Å²) < 4.78 is 5.72. The number of rotatable bonds is 8. The van der Waals surface area contributed by atoms with Gasteiger partial charge in [0.25, 0.3) is 11.8 Å². The maximum Gasteiger partial charge on any atom is 0.352 e. The van der Waals surface area contributed by atoms with Crippen molar-refractivity contribution in [2.75, 3.05) is 23.8 Å². The Morgan fingerprint density at radius 3 is 2.88 bits per heavy atom. The molecular formula is C19H21N8O5S2+. The molecule has 1 unspecified atom stereocenters. The topological polar surface area (TPSA) is 190 Å². The number of fused-ring (bicyclic) bond motifs is 1. The molecule has 1 saturated heterocycles. The summed E-state index contributed by atoms with van der Waals surface area (Å²) in [6, 6.07) is 2.53. The van der Waals surface area contributed by atoms with Gasteiger partial charge in [-0.1, -0.05) is 5.16 Å². The highest BCUT2D eigenvalue weighted by Crippen LogP contribution is 2.40. The molecule has 15 heteroatoms. The van der Waals surface area contributed by atoms with Crippen molar-refractivity contribution in [2.45, 2.75) is 24.9 Å². The average Bonchev–Trinajstić information content (AvgIpc) is 3.23. The molecule has 0 bridgehead atoms. The Morgan fingerprint density at radius 1 is 1.44 bits per heavy atom. The van der Waals surface area contributed by atoms with Crippen LogP contribution >= 0.6 is 23.3 Å². The molecule has 2 aliphatic rings. The van der Waals surface area contributed by atoms with Crippen molar-refractivity contribution in [1.82, 2.24) is 19.6 Å². The van der Waals surface area contributed by atoms with Gasteiger partial charge in [-0.2, -0.15) is 13.9 Å². The summed E-state index contributed by atoms with van der Waals surface area (Å²) in [6.07, 6.45) is 3.45. The third-order valence-corrected chi connectivity index (χ3v) is 6.83. The first-order valence-corrected chi connectivity index (χ1v) is 11.9. The number of aliphatic carboxylic acids is 1. The number of β-lactam (4-membered cyclic amide) rings is 1. The van der Waals surface area contributed by atoms with Crippen molar-refractivity contribution in [2.24, 2.45) is 5.16 Å². The minimum atomic E-state index is -1.22. The number of pyridine rings is 1. The molecular weight excluding hydrogens is 484 g/mol. The van der Waals surface area contributed by atoms with Gasteiger partial charge in [-0.25, -0.2) is 4.79 Å². The predicted molar refractivity (Wildman–Crippen MR) is 123 cm³/mol. The largest absolute Gasteiger partial charge is 0.477 e. The number of nitrogens with zero attached hydrogens (tertiary/aromatic N) is 5. The van der Waals surface area contributed by atoms with Crippen LogP contribution in [0.2, 0.25) is 0 Å². The fourth-order valence-electron chi connectivity index (χ4n) is 3.52. The van der Waals surface area contributed by atoms with E-state index in [-0.39, 0.29) is 35.5 Å². The average molecular weight is 506 g/mol. The van der Waals surface area contributed by atoms with Crippen LogP contribution in [0.5, 0.6) is 0 Å². The van der Waals surface area contributed by atoms with Gasteiger partial charge < -0.3 is 26.7 Å². The molecule has 0 spiro atoms. The van der Waals surface area contributed by atoms with Gasteiger partial charge in [0.15, 0.2) is 24.1 Å². The van der Waals surface area contributed by atoms with Crippen LogP contribution in [0, 0.1) is 0 Å². The van der Waals surface area contributed by atoms with Crippen LogP contribution in [-0.4, -0.2) is 66.6 Å². The monoisotopic (exact) mass is 505 g/mol. The Morgan fingerprint density at radius 2 is 2.24 bits per heavy atom. The lowest BCUT2D eigenvalue weighted by molar-refractivity contribution is -0.688. The van der Waals surface area contributed by atoms with Gasteiger partial charge in [0.05, 0.1) is 5.69 Å². The summed E-state index contributed by atoms with van der Waals surface area (Å²) in [7, 11) is 0. The third-order valence-electron chi connectivity index (χ3n) is 4.94. The van der Waals surface area contributed by atoms with Gasteiger partial charge in [-0.3, -0.25) is 14.5 Å². The molecule has 4 rings (SSSR count). The van der Waals surface area contributed by atoms with E-state index in [2.05, 4.69) is 19.8 Å². The number of carbonyl (C=O) groups is 3. The van der Waals surface area contributed by atoms with Crippen molar-refractivity contribution < 1.29 is 28.9 Å². The van der Waals surface area contributed by atoms with E-state index in [9.17, 15) is 19.5 Å². The number of anilines is 2. The number of nitrogens with one attached hydrogen (secondary N) is 1. The predicted octanol–water partition coefficient (Wildman–Crippen LogP) is -0.831. The summed E-state index contributed by atoms with van der Waals surface area (Å²) in [5, 5.41) is 15.8. The minimum absolute atomic E-state index is 0.0269. The van der Waals surface area contributed by atoms with Crippen molar-refractivity contribution >= 4 is 57.6 Å². The second-order valence-electron chi connectivity index (χ2n) is 7.24. The van der Waals surface area contributed by atoms with E-state index in [0.29, 0.717) is 17.0 Å². The number of nitrogens with two attached hydrogens (primary N) is 2. The molecule has 2 amide bonds. The summed E-state index contributed by atoms with van der Waals surface area (Å²) in [5.74, 6) is -2.16. The van der Waals surface area contributed by atoms with Crippen molar-refractivity contribution in [3.63, 3.8) is 0 Å². The zero-order chi connectivity index (χ0) is 24.4. The maximum atomic E-state index is 12.9. The summed E-state index contributed by atoms with van der Waals surface area (Å²) in [5.41, 5.74) is 12.2. The number of carboxylic acids is 1. The molecule has 2 atom stereocenters. The van der Waals surface area contributed by atoms with Gasteiger partial charge >= 0.3 is 5.97 Å². The van der Waals surface area contributed by atoms with Gasteiger partial charge in [-0.15, -0.1) is 11.8 Å². The second-order valence-corrected chi connectivity index (χ2v) is 9.13. The lowest BCUT2D eigenvalue weighted by atomic mass is 10.0. The van der Waals surface area contributed by atoms with E-state index >= 15 is 0 Å². The molecule has 6 N–H and O–H groups in total. The molecule has 0 radical (unpaired) electrons. The molecule has 13 nitrogen and oxygen atoms in total. The van der Waals surface area contributed by atoms with E-state index < -0.39 is 29.2 Å². The van der Waals surface area contributed by atoms with E-state index in [0.717, 1.165) is 11.5 Å². The zero-order valence-electron chi connectivity index (χ0n) is 17.9. The number of aromatic nitrogens is 3. The smallest absolute Gasteiger partial charge is 0.352 e. The number of carbonyl (C=O) groups excluding carboxylic acids is 2. The van der Waals surface area contributed by atoms with Gasteiger partial charge in [0.1, 0.15) is 23.7 Å². The quantitative estimate of drug-likeness (QED) is 0.152.